The lowest BCUT2D eigenvalue weighted by atomic mass is 10.1. The van der Waals surface area contributed by atoms with E-state index in [9.17, 15) is 9.18 Å². The highest BCUT2D eigenvalue weighted by Crippen LogP contribution is 2.18. The van der Waals surface area contributed by atoms with Crippen LogP contribution in [0.2, 0.25) is 0 Å². The number of likely N-dealkylation sites (N-methyl/N-ethyl adjacent to an activating group) is 1. The minimum absolute atomic E-state index is 0.0337. The molecule has 164 valence electrons. The zero-order valence-electron chi connectivity index (χ0n) is 18.5. The predicted molar refractivity (Wildman–Crippen MR) is 127 cm³/mol. The third kappa shape index (κ3) is 8.22. The number of benzene rings is 2. The number of carbonyl (C=O) groups excluding carboxylic acids is 1. The summed E-state index contributed by atoms with van der Waals surface area (Å²) in [7, 11) is 0. The van der Waals surface area contributed by atoms with E-state index in [0.717, 1.165) is 28.9 Å². The summed E-state index contributed by atoms with van der Waals surface area (Å²) < 4.78 is 13.0. The summed E-state index contributed by atoms with van der Waals surface area (Å²) in [5.41, 5.74) is 3.90. The van der Waals surface area contributed by atoms with Gasteiger partial charge in [0, 0.05) is 37.1 Å². The first kappa shape index (κ1) is 24.1. The van der Waals surface area contributed by atoms with Gasteiger partial charge in [0.25, 0.3) is 0 Å². The van der Waals surface area contributed by atoms with Gasteiger partial charge in [0.2, 0.25) is 6.41 Å². The normalized spacial score (nSPS) is 13.3. The van der Waals surface area contributed by atoms with Gasteiger partial charge >= 0.3 is 0 Å². The summed E-state index contributed by atoms with van der Waals surface area (Å²) in [6.07, 6.45) is 8.98. The van der Waals surface area contributed by atoms with Gasteiger partial charge in [-0.2, -0.15) is 0 Å². The van der Waals surface area contributed by atoms with Crippen molar-refractivity contribution in [3.63, 3.8) is 0 Å². The summed E-state index contributed by atoms with van der Waals surface area (Å²) in [5.74, 6) is -0.229. The summed E-state index contributed by atoms with van der Waals surface area (Å²) >= 11 is 0. The van der Waals surface area contributed by atoms with Gasteiger partial charge in [-0.05, 0) is 62.2 Å². The molecule has 0 aromatic heterocycles. The minimum atomic E-state index is -0.229. The molecule has 0 saturated heterocycles. The Hall–Kier alpha value is -3.18. The van der Waals surface area contributed by atoms with Crippen molar-refractivity contribution in [1.82, 2.24) is 10.2 Å². The fraction of sp³-hybridized carbons (Fsp3) is 0.269. The summed E-state index contributed by atoms with van der Waals surface area (Å²) in [5, 5.41) is 6.76. The van der Waals surface area contributed by atoms with E-state index >= 15 is 0 Å². The third-order valence-electron chi connectivity index (χ3n) is 4.76. The molecule has 2 rings (SSSR count). The lowest BCUT2D eigenvalue weighted by molar-refractivity contribution is -0.116. The quantitative estimate of drug-likeness (QED) is 0.278. The Morgan fingerprint density at radius 1 is 1.13 bits per heavy atom. The van der Waals surface area contributed by atoms with Crippen LogP contribution in [-0.2, 0) is 11.3 Å². The molecule has 2 N–H and O–H groups in total. The number of para-hydroxylation sites is 1. The lowest BCUT2D eigenvalue weighted by Gasteiger charge is -2.23. The van der Waals surface area contributed by atoms with Crippen LogP contribution in [0.3, 0.4) is 0 Å². The second-order valence-electron chi connectivity index (χ2n) is 7.15. The lowest BCUT2D eigenvalue weighted by Crippen LogP contribution is -2.24. The molecular weight excluding hydrogens is 389 g/mol. The molecule has 2 aromatic carbocycles. The number of halogens is 1. The maximum Gasteiger partial charge on any atom is 0.214 e. The minimum Gasteiger partial charge on any atom is -0.379 e. The molecule has 0 spiro atoms. The van der Waals surface area contributed by atoms with Gasteiger partial charge in [-0.1, -0.05) is 48.6 Å². The smallest absolute Gasteiger partial charge is 0.214 e. The number of hydrogen-bond acceptors (Lipinski definition) is 3. The van der Waals surface area contributed by atoms with Gasteiger partial charge in [-0.3, -0.25) is 4.79 Å². The Morgan fingerprint density at radius 3 is 2.45 bits per heavy atom. The molecular formula is C26H32FN3O. The molecule has 4 nitrogen and oxygen atoms in total. The highest BCUT2D eigenvalue weighted by Gasteiger charge is 2.12. The van der Waals surface area contributed by atoms with Gasteiger partial charge in [0.15, 0.2) is 0 Å². The number of carbonyl (C=O) groups is 1. The van der Waals surface area contributed by atoms with Crippen LogP contribution in [0.5, 0.6) is 0 Å². The zero-order valence-corrected chi connectivity index (χ0v) is 18.5. The Morgan fingerprint density at radius 2 is 1.84 bits per heavy atom. The van der Waals surface area contributed by atoms with Gasteiger partial charge in [-0.15, -0.1) is 0 Å². The molecule has 5 heteroatoms. The average molecular weight is 422 g/mol. The number of anilines is 1. The van der Waals surface area contributed by atoms with Crippen LogP contribution in [0.25, 0.3) is 0 Å². The van der Waals surface area contributed by atoms with Crippen LogP contribution < -0.4 is 10.6 Å². The van der Waals surface area contributed by atoms with E-state index in [-0.39, 0.29) is 11.9 Å². The SMILES string of the molecule is C/C=C(/C=C/CNCc1ccc(F)cc1)C(=C/C(C)Nc1ccccc1)\N(C=O)CC. The number of nitrogens with one attached hydrogen (secondary N) is 2. The molecule has 0 fully saturated rings. The van der Waals surface area contributed by atoms with E-state index in [1.54, 1.807) is 17.0 Å². The van der Waals surface area contributed by atoms with Gasteiger partial charge in [-0.25, -0.2) is 4.39 Å². The van der Waals surface area contributed by atoms with Gasteiger partial charge in [0.1, 0.15) is 5.82 Å². The van der Waals surface area contributed by atoms with Crippen molar-refractivity contribution in [3.8, 4) is 0 Å². The average Bonchev–Trinajstić information content (AvgIpc) is 2.78. The first-order valence-electron chi connectivity index (χ1n) is 10.6. The van der Waals surface area contributed by atoms with Crippen LogP contribution >= 0.6 is 0 Å². The van der Waals surface area contributed by atoms with Crippen molar-refractivity contribution in [2.75, 3.05) is 18.4 Å². The molecule has 0 radical (unpaired) electrons. The van der Waals surface area contributed by atoms with Crippen LogP contribution in [0.15, 0.2) is 90.2 Å². The van der Waals surface area contributed by atoms with Crippen LogP contribution in [0, 0.1) is 5.82 Å². The van der Waals surface area contributed by atoms with Crippen molar-refractivity contribution in [2.24, 2.45) is 0 Å². The maximum absolute atomic E-state index is 13.0. The molecule has 0 aliphatic carbocycles. The van der Waals surface area contributed by atoms with Crippen molar-refractivity contribution in [1.29, 1.82) is 0 Å². The molecule has 0 aliphatic rings. The number of amides is 1. The summed E-state index contributed by atoms with van der Waals surface area (Å²) in [6.45, 7) is 7.89. The van der Waals surface area contributed by atoms with E-state index in [1.165, 1.54) is 12.1 Å². The Labute approximate surface area is 185 Å². The number of nitrogens with zero attached hydrogens (tertiary/aromatic N) is 1. The molecule has 0 aliphatic heterocycles. The van der Waals surface area contributed by atoms with Gasteiger partial charge < -0.3 is 15.5 Å². The van der Waals surface area contributed by atoms with E-state index < -0.39 is 0 Å². The first-order valence-corrected chi connectivity index (χ1v) is 10.6. The Kier molecular flexibility index (Phi) is 10.3. The van der Waals surface area contributed by atoms with E-state index in [2.05, 4.69) is 23.6 Å². The van der Waals surface area contributed by atoms with Crippen LogP contribution in [0.4, 0.5) is 10.1 Å². The molecule has 2 aromatic rings. The van der Waals surface area contributed by atoms with Crippen molar-refractivity contribution in [3.05, 3.63) is 102 Å². The number of rotatable bonds is 12. The molecule has 0 heterocycles. The highest BCUT2D eigenvalue weighted by molar-refractivity contribution is 5.57. The molecule has 31 heavy (non-hydrogen) atoms. The maximum atomic E-state index is 13.0. The summed E-state index contributed by atoms with van der Waals surface area (Å²) in [6, 6.07) is 16.5. The topological polar surface area (TPSA) is 44.4 Å². The van der Waals surface area contributed by atoms with Crippen molar-refractivity contribution >= 4 is 12.1 Å². The molecule has 1 atom stereocenters. The Balaban J connectivity index is 2.04. The summed E-state index contributed by atoms with van der Waals surface area (Å²) in [4.78, 5) is 13.4. The molecule has 0 saturated carbocycles. The van der Waals surface area contributed by atoms with E-state index in [0.29, 0.717) is 19.6 Å². The fourth-order valence-corrected chi connectivity index (χ4v) is 3.15. The van der Waals surface area contributed by atoms with Crippen molar-refractivity contribution in [2.45, 2.75) is 33.4 Å². The largest absolute Gasteiger partial charge is 0.379 e. The Bertz CT molecular complexity index is 889. The predicted octanol–water partition coefficient (Wildman–Crippen LogP) is 5.28. The van der Waals surface area contributed by atoms with Gasteiger partial charge in [0.05, 0.1) is 0 Å². The molecule has 1 unspecified atom stereocenters. The van der Waals surface area contributed by atoms with Crippen molar-refractivity contribution < 1.29 is 9.18 Å². The van der Waals surface area contributed by atoms with E-state index in [1.807, 2.05) is 62.4 Å². The monoisotopic (exact) mass is 421 g/mol. The highest BCUT2D eigenvalue weighted by atomic mass is 19.1. The van der Waals surface area contributed by atoms with E-state index in [4.69, 9.17) is 0 Å². The fourth-order valence-electron chi connectivity index (χ4n) is 3.15. The molecule has 1 amide bonds. The standard InChI is InChI=1S/C26H32FN3O/c1-4-23(10-9-17-28-19-22-13-15-24(27)16-14-22)26(30(5-2)20-31)18-21(3)29-25-11-7-6-8-12-25/h4,6-16,18,20-21,28-29H,5,17,19H2,1-3H3/b10-9+,23-4-,26-18+. The number of hydrogen-bond donors (Lipinski definition) is 2. The second kappa shape index (κ2) is 13.2. The third-order valence-corrected chi connectivity index (χ3v) is 4.76. The molecule has 0 bridgehead atoms. The number of allylic oxidation sites excluding steroid dienone is 2. The van der Waals surface area contributed by atoms with Crippen LogP contribution in [-0.4, -0.2) is 30.4 Å². The second-order valence-corrected chi connectivity index (χ2v) is 7.15. The van der Waals surface area contributed by atoms with Crippen LogP contribution in [0.1, 0.15) is 26.3 Å². The zero-order chi connectivity index (χ0) is 22.5. The first-order chi connectivity index (χ1) is 15.1.